The van der Waals surface area contributed by atoms with Gasteiger partial charge in [-0.05, 0) is 19.4 Å². The van der Waals surface area contributed by atoms with Gasteiger partial charge >= 0.3 is 12.4 Å². The molecule has 1 nitrogen and oxygen atoms in total. The minimum absolute atomic E-state index is 0.312. The Kier molecular flexibility index (Phi) is 6.14. The van der Waals surface area contributed by atoms with Crippen molar-refractivity contribution in [2.45, 2.75) is 51.0 Å². The summed E-state index contributed by atoms with van der Waals surface area (Å²) in [5.74, 6) is 0. The van der Waals surface area contributed by atoms with Gasteiger partial charge in [0.1, 0.15) is 0 Å². The normalized spacial score (nSPS) is 13.5. The first-order valence-corrected chi connectivity index (χ1v) is 5.01. The standard InChI is InChI=1S/C9H15F6N/c1-2-16-7(3-5-8(10,11)12)4-6-9(13,14)15/h7,16H,2-6H2,1H3. The second-order valence-corrected chi connectivity index (χ2v) is 3.56. The molecule has 0 atom stereocenters. The van der Waals surface area contributed by atoms with Crippen molar-refractivity contribution in [3.05, 3.63) is 0 Å². The average Bonchev–Trinajstić information content (AvgIpc) is 2.07. The van der Waals surface area contributed by atoms with Crippen molar-refractivity contribution in [2.24, 2.45) is 0 Å². The van der Waals surface area contributed by atoms with Crippen LogP contribution in [0, 0.1) is 0 Å². The second kappa shape index (κ2) is 6.32. The summed E-state index contributed by atoms with van der Waals surface area (Å²) >= 11 is 0. The van der Waals surface area contributed by atoms with Gasteiger partial charge in [-0.25, -0.2) is 0 Å². The summed E-state index contributed by atoms with van der Waals surface area (Å²) in [6.45, 7) is 2.01. The highest BCUT2D eigenvalue weighted by Gasteiger charge is 2.31. The molecular formula is C9H15F6N. The lowest BCUT2D eigenvalue weighted by atomic mass is 10.1. The molecule has 0 radical (unpaired) electrons. The van der Waals surface area contributed by atoms with Gasteiger partial charge in [0.2, 0.25) is 0 Å². The Morgan fingerprint density at radius 1 is 0.875 bits per heavy atom. The molecule has 0 aromatic carbocycles. The zero-order chi connectivity index (χ0) is 12.8. The maximum atomic E-state index is 11.9. The molecule has 0 aliphatic heterocycles. The van der Waals surface area contributed by atoms with Gasteiger partial charge in [0.15, 0.2) is 0 Å². The number of hydrogen-bond acceptors (Lipinski definition) is 1. The largest absolute Gasteiger partial charge is 0.389 e. The van der Waals surface area contributed by atoms with Crippen molar-refractivity contribution in [1.29, 1.82) is 0 Å². The van der Waals surface area contributed by atoms with Gasteiger partial charge in [0.05, 0.1) is 0 Å². The molecule has 0 heterocycles. The minimum atomic E-state index is -4.31. The van der Waals surface area contributed by atoms with Crippen LogP contribution in [0.3, 0.4) is 0 Å². The van der Waals surface area contributed by atoms with E-state index in [1.165, 1.54) is 0 Å². The van der Waals surface area contributed by atoms with Gasteiger partial charge in [0, 0.05) is 18.9 Å². The molecule has 0 aromatic heterocycles. The topological polar surface area (TPSA) is 12.0 Å². The molecule has 0 spiro atoms. The molecule has 0 aliphatic carbocycles. The Balaban J connectivity index is 3.98. The van der Waals surface area contributed by atoms with Crippen LogP contribution in [0.25, 0.3) is 0 Å². The van der Waals surface area contributed by atoms with E-state index in [4.69, 9.17) is 0 Å². The van der Waals surface area contributed by atoms with Crippen LogP contribution in [-0.4, -0.2) is 24.9 Å². The van der Waals surface area contributed by atoms with E-state index in [-0.39, 0.29) is 12.8 Å². The summed E-state index contributed by atoms with van der Waals surface area (Å²) in [7, 11) is 0. The summed E-state index contributed by atoms with van der Waals surface area (Å²) in [5.41, 5.74) is 0. The quantitative estimate of drug-likeness (QED) is 0.710. The summed E-state index contributed by atoms with van der Waals surface area (Å²) < 4.78 is 71.3. The van der Waals surface area contributed by atoms with Crippen LogP contribution in [0.15, 0.2) is 0 Å². The van der Waals surface area contributed by atoms with Crippen molar-refractivity contribution >= 4 is 0 Å². The lowest BCUT2D eigenvalue weighted by molar-refractivity contribution is -0.141. The summed E-state index contributed by atoms with van der Waals surface area (Å²) in [6.07, 6.45) is -11.4. The fourth-order valence-electron chi connectivity index (χ4n) is 1.31. The first-order chi connectivity index (χ1) is 7.14. The van der Waals surface area contributed by atoms with E-state index in [0.717, 1.165) is 0 Å². The number of halogens is 6. The predicted octanol–water partition coefficient (Wildman–Crippen LogP) is 3.65. The Bertz CT molecular complexity index is 167. The molecular weight excluding hydrogens is 236 g/mol. The zero-order valence-electron chi connectivity index (χ0n) is 8.88. The van der Waals surface area contributed by atoms with Crippen LogP contribution in [0.5, 0.6) is 0 Å². The first kappa shape index (κ1) is 15.5. The zero-order valence-corrected chi connectivity index (χ0v) is 8.88. The van der Waals surface area contributed by atoms with E-state index in [9.17, 15) is 26.3 Å². The SMILES string of the molecule is CCNC(CCC(F)(F)F)CCC(F)(F)F. The molecule has 0 saturated heterocycles. The number of alkyl halides is 6. The fourth-order valence-corrected chi connectivity index (χ4v) is 1.31. The highest BCUT2D eigenvalue weighted by molar-refractivity contribution is 4.70. The minimum Gasteiger partial charge on any atom is -0.314 e. The lowest BCUT2D eigenvalue weighted by Crippen LogP contribution is -2.31. The van der Waals surface area contributed by atoms with Crippen LogP contribution < -0.4 is 5.32 Å². The fraction of sp³-hybridized carbons (Fsp3) is 1.00. The van der Waals surface area contributed by atoms with E-state index < -0.39 is 31.2 Å². The monoisotopic (exact) mass is 251 g/mol. The van der Waals surface area contributed by atoms with Gasteiger partial charge < -0.3 is 5.32 Å². The molecule has 0 unspecified atom stereocenters. The number of hydrogen-bond donors (Lipinski definition) is 1. The van der Waals surface area contributed by atoms with Gasteiger partial charge in [0.25, 0.3) is 0 Å². The van der Waals surface area contributed by atoms with Gasteiger partial charge in [-0.15, -0.1) is 0 Å². The van der Waals surface area contributed by atoms with E-state index in [2.05, 4.69) is 5.32 Å². The highest BCUT2D eigenvalue weighted by atomic mass is 19.4. The molecule has 0 rings (SSSR count). The van der Waals surface area contributed by atoms with E-state index >= 15 is 0 Å². The third-order valence-electron chi connectivity index (χ3n) is 2.05. The highest BCUT2D eigenvalue weighted by Crippen LogP contribution is 2.26. The van der Waals surface area contributed by atoms with Crippen molar-refractivity contribution in [3.63, 3.8) is 0 Å². The molecule has 0 saturated carbocycles. The predicted molar refractivity (Wildman–Crippen MR) is 48.0 cm³/mol. The molecule has 0 aromatic rings. The number of nitrogens with one attached hydrogen (secondary N) is 1. The van der Waals surface area contributed by atoms with Crippen LogP contribution in [0.1, 0.15) is 32.6 Å². The third kappa shape index (κ3) is 10.1. The molecule has 7 heteroatoms. The molecule has 98 valence electrons. The third-order valence-corrected chi connectivity index (χ3v) is 2.05. The Hall–Kier alpha value is -0.460. The van der Waals surface area contributed by atoms with Crippen molar-refractivity contribution < 1.29 is 26.3 Å². The van der Waals surface area contributed by atoms with Crippen LogP contribution in [0.4, 0.5) is 26.3 Å². The number of rotatable bonds is 6. The summed E-state index contributed by atoms with van der Waals surface area (Å²) in [4.78, 5) is 0. The van der Waals surface area contributed by atoms with Gasteiger partial charge in [-0.1, -0.05) is 6.92 Å². The molecule has 0 fully saturated rings. The first-order valence-electron chi connectivity index (χ1n) is 5.01. The smallest absolute Gasteiger partial charge is 0.314 e. The Labute approximate surface area is 90.2 Å². The maximum Gasteiger partial charge on any atom is 0.389 e. The Morgan fingerprint density at radius 2 is 1.25 bits per heavy atom. The average molecular weight is 251 g/mol. The summed E-state index contributed by atoms with van der Waals surface area (Å²) in [5, 5.41) is 2.63. The Morgan fingerprint density at radius 3 is 1.50 bits per heavy atom. The molecule has 0 amide bonds. The van der Waals surface area contributed by atoms with Crippen molar-refractivity contribution in [1.82, 2.24) is 5.32 Å². The van der Waals surface area contributed by atoms with Gasteiger partial charge in [-0.2, -0.15) is 26.3 Å². The molecule has 1 N–H and O–H groups in total. The second-order valence-electron chi connectivity index (χ2n) is 3.56. The van der Waals surface area contributed by atoms with Gasteiger partial charge in [-0.3, -0.25) is 0 Å². The molecule has 16 heavy (non-hydrogen) atoms. The maximum absolute atomic E-state index is 11.9. The van der Waals surface area contributed by atoms with Crippen LogP contribution in [-0.2, 0) is 0 Å². The molecule has 0 aliphatic rings. The van der Waals surface area contributed by atoms with E-state index in [1.54, 1.807) is 6.92 Å². The summed E-state index contributed by atoms with van der Waals surface area (Å²) in [6, 6.07) is -0.728. The van der Waals surface area contributed by atoms with Crippen molar-refractivity contribution in [3.8, 4) is 0 Å². The lowest BCUT2D eigenvalue weighted by Gasteiger charge is -2.19. The van der Waals surface area contributed by atoms with Crippen molar-refractivity contribution in [2.75, 3.05) is 6.54 Å². The van der Waals surface area contributed by atoms with Crippen LogP contribution in [0.2, 0.25) is 0 Å². The van der Waals surface area contributed by atoms with E-state index in [0.29, 0.717) is 6.54 Å². The van der Waals surface area contributed by atoms with Crippen LogP contribution >= 0.6 is 0 Å². The molecule has 0 bridgehead atoms. The van der Waals surface area contributed by atoms with E-state index in [1.807, 2.05) is 0 Å².